The van der Waals surface area contributed by atoms with Crippen LogP contribution < -0.4 is 5.11 Å². The first-order valence-corrected chi connectivity index (χ1v) is 5.88. The maximum absolute atomic E-state index is 12.9. The van der Waals surface area contributed by atoms with Crippen LogP contribution in [0.15, 0.2) is 24.3 Å². The number of carbonyl (C=O) groups is 1. The van der Waals surface area contributed by atoms with E-state index in [9.17, 15) is 19.4 Å². The van der Waals surface area contributed by atoms with Crippen molar-refractivity contribution in [3.05, 3.63) is 35.6 Å². The number of benzene rings is 1. The highest BCUT2D eigenvalue weighted by Gasteiger charge is 2.34. The van der Waals surface area contributed by atoms with Crippen molar-refractivity contribution in [1.29, 1.82) is 0 Å². The molecule has 1 saturated heterocycles. The molecule has 3 unspecified atom stereocenters. The molecular weight excluding hydrogens is 237 g/mol. The Bertz CT molecular complexity index is 422. The van der Waals surface area contributed by atoms with Gasteiger partial charge in [-0.05, 0) is 23.6 Å². The topological polar surface area (TPSA) is 63.6 Å². The molecule has 1 aromatic rings. The van der Waals surface area contributed by atoms with Crippen LogP contribution in [0.2, 0.25) is 0 Å². The molecule has 1 fully saturated rings. The highest BCUT2D eigenvalue weighted by Crippen LogP contribution is 2.33. The van der Waals surface area contributed by atoms with Gasteiger partial charge in [0.15, 0.2) is 0 Å². The van der Waals surface area contributed by atoms with E-state index in [1.807, 2.05) is 6.92 Å². The highest BCUT2D eigenvalue weighted by molar-refractivity contribution is 5.62. The molecule has 2 rings (SSSR count). The van der Waals surface area contributed by atoms with Gasteiger partial charge in [-0.25, -0.2) is 4.39 Å². The van der Waals surface area contributed by atoms with Gasteiger partial charge >= 0.3 is 0 Å². The van der Waals surface area contributed by atoms with Gasteiger partial charge in [0.2, 0.25) is 0 Å². The third kappa shape index (κ3) is 2.46. The summed E-state index contributed by atoms with van der Waals surface area (Å²) in [6, 6.07) is 5.96. The first-order valence-electron chi connectivity index (χ1n) is 5.88. The van der Waals surface area contributed by atoms with Crippen LogP contribution in [-0.4, -0.2) is 35.3 Å². The molecule has 0 aromatic heterocycles. The van der Waals surface area contributed by atoms with Crippen molar-refractivity contribution in [3.8, 4) is 0 Å². The monoisotopic (exact) mass is 252 g/mol. The predicted octanol–water partition coefficient (Wildman–Crippen LogP) is 0.565. The van der Waals surface area contributed by atoms with Gasteiger partial charge in [-0.3, -0.25) is 0 Å². The van der Waals surface area contributed by atoms with Gasteiger partial charge in [-0.2, -0.15) is 0 Å². The summed E-state index contributed by atoms with van der Waals surface area (Å²) in [5, 5.41) is 20.8. The molecule has 4 nitrogen and oxygen atoms in total. The predicted molar refractivity (Wildman–Crippen MR) is 61.3 cm³/mol. The van der Waals surface area contributed by atoms with E-state index < -0.39 is 12.2 Å². The number of amides is 1. The summed E-state index contributed by atoms with van der Waals surface area (Å²) in [5.74, 6) is -0.550. The number of nitrogens with zero attached hydrogens (tertiary/aromatic N) is 1. The molecular formula is C13H15FNO3-. The third-order valence-corrected chi connectivity index (χ3v) is 3.46. The number of likely N-dealkylation sites (tertiary alicyclic amines) is 1. The van der Waals surface area contributed by atoms with Crippen LogP contribution in [0.1, 0.15) is 18.4 Å². The van der Waals surface area contributed by atoms with Crippen LogP contribution in [0.5, 0.6) is 0 Å². The third-order valence-electron chi connectivity index (χ3n) is 3.46. The second-order valence-electron chi connectivity index (χ2n) is 4.79. The number of piperidine rings is 1. The highest BCUT2D eigenvalue weighted by atomic mass is 19.1. The van der Waals surface area contributed by atoms with Crippen LogP contribution in [0, 0.1) is 11.7 Å². The average Bonchev–Trinajstić information content (AvgIpc) is 2.30. The van der Waals surface area contributed by atoms with Crippen LogP contribution in [-0.2, 0) is 0 Å². The minimum absolute atomic E-state index is 0.0364. The van der Waals surface area contributed by atoms with Crippen molar-refractivity contribution >= 4 is 6.09 Å². The number of rotatable bonds is 1. The summed E-state index contributed by atoms with van der Waals surface area (Å²) in [4.78, 5) is 11.9. The van der Waals surface area contributed by atoms with Gasteiger partial charge in [0.1, 0.15) is 11.9 Å². The van der Waals surface area contributed by atoms with Crippen molar-refractivity contribution in [1.82, 2.24) is 4.90 Å². The van der Waals surface area contributed by atoms with E-state index in [0.717, 1.165) is 10.5 Å². The van der Waals surface area contributed by atoms with Crippen molar-refractivity contribution < 1.29 is 19.4 Å². The first kappa shape index (κ1) is 12.8. The fraction of sp³-hybridized carbons (Fsp3) is 0.462. The fourth-order valence-electron chi connectivity index (χ4n) is 2.64. The minimum Gasteiger partial charge on any atom is -0.530 e. The number of carboxylic acid groups (broad SMARTS) is 1. The van der Waals surface area contributed by atoms with Gasteiger partial charge < -0.3 is 19.9 Å². The van der Waals surface area contributed by atoms with E-state index >= 15 is 0 Å². The lowest BCUT2D eigenvalue weighted by atomic mass is 9.80. The Morgan fingerprint density at radius 1 is 1.39 bits per heavy atom. The van der Waals surface area contributed by atoms with E-state index in [0.29, 0.717) is 6.54 Å². The molecule has 1 aliphatic heterocycles. The lowest BCUT2D eigenvalue weighted by molar-refractivity contribution is -0.269. The molecule has 18 heavy (non-hydrogen) atoms. The summed E-state index contributed by atoms with van der Waals surface area (Å²) >= 11 is 0. The van der Waals surface area contributed by atoms with Gasteiger partial charge in [0, 0.05) is 19.0 Å². The number of carbonyl (C=O) groups excluding carboxylic acids is 1. The first-order chi connectivity index (χ1) is 8.49. The lowest BCUT2D eigenvalue weighted by Gasteiger charge is -2.41. The molecule has 1 aromatic carbocycles. The van der Waals surface area contributed by atoms with Gasteiger partial charge in [-0.1, -0.05) is 19.1 Å². The van der Waals surface area contributed by atoms with Crippen LogP contribution in [0.3, 0.4) is 0 Å². The molecule has 1 N–H and O–H groups in total. The zero-order valence-electron chi connectivity index (χ0n) is 10.0. The Morgan fingerprint density at radius 2 is 2.00 bits per heavy atom. The molecule has 3 atom stereocenters. The zero-order chi connectivity index (χ0) is 13.3. The van der Waals surface area contributed by atoms with E-state index in [2.05, 4.69) is 0 Å². The number of hydrogen-bond donors (Lipinski definition) is 1. The van der Waals surface area contributed by atoms with Gasteiger partial charge in [0.05, 0.1) is 6.10 Å². The largest absolute Gasteiger partial charge is 0.530 e. The Morgan fingerprint density at radius 3 is 2.50 bits per heavy atom. The zero-order valence-corrected chi connectivity index (χ0v) is 10.0. The Hall–Kier alpha value is -1.62. The Labute approximate surface area is 105 Å². The quantitative estimate of drug-likeness (QED) is 0.794. The number of aliphatic hydroxyl groups excluding tert-OH is 1. The maximum Gasteiger partial charge on any atom is 0.137 e. The van der Waals surface area contributed by atoms with E-state index in [1.165, 1.54) is 12.1 Å². The maximum atomic E-state index is 12.9. The lowest BCUT2D eigenvalue weighted by Crippen LogP contribution is -2.53. The SMILES string of the molecule is CC1CN(C(=O)[O-])CC(O)C1c1ccc(F)cc1. The number of hydrogen-bond acceptors (Lipinski definition) is 3. The second kappa shape index (κ2) is 4.94. The van der Waals surface area contributed by atoms with Crippen molar-refractivity contribution in [3.63, 3.8) is 0 Å². The Kier molecular flexibility index (Phi) is 3.52. The molecule has 1 aliphatic rings. The van der Waals surface area contributed by atoms with E-state index in [1.54, 1.807) is 12.1 Å². The van der Waals surface area contributed by atoms with Gasteiger partial charge in [0.25, 0.3) is 0 Å². The van der Waals surface area contributed by atoms with Crippen LogP contribution in [0.4, 0.5) is 9.18 Å². The van der Waals surface area contributed by atoms with Gasteiger partial charge in [-0.15, -0.1) is 0 Å². The molecule has 0 bridgehead atoms. The molecule has 1 amide bonds. The molecule has 0 saturated carbocycles. The number of β-amino-alcohol motifs (C(OH)–C–C–N with tert-alkyl or cyclic N) is 1. The molecule has 1 heterocycles. The summed E-state index contributed by atoms with van der Waals surface area (Å²) in [6.07, 6.45) is -2.06. The second-order valence-corrected chi connectivity index (χ2v) is 4.79. The molecule has 0 spiro atoms. The van der Waals surface area contributed by atoms with E-state index in [-0.39, 0.29) is 24.2 Å². The molecule has 0 radical (unpaired) electrons. The van der Waals surface area contributed by atoms with Crippen LogP contribution in [0.25, 0.3) is 0 Å². The molecule has 98 valence electrons. The summed E-state index contributed by atoms with van der Waals surface area (Å²) in [7, 11) is 0. The normalized spacial score (nSPS) is 28.2. The van der Waals surface area contributed by atoms with Crippen molar-refractivity contribution in [2.75, 3.05) is 13.1 Å². The number of halogens is 1. The Balaban J connectivity index is 2.19. The van der Waals surface area contributed by atoms with Crippen molar-refractivity contribution in [2.24, 2.45) is 5.92 Å². The molecule has 5 heteroatoms. The minimum atomic E-state index is -1.27. The van der Waals surface area contributed by atoms with E-state index in [4.69, 9.17) is 0 Å². The fourth-order valence-corrected chi connectivity index (χ4v) is 2.64. The summed E-state index contributed by atoms with van der Waals surface area (Å²) < 4.78 is 12.9. The smallest absolute Gasteiger partial charge is 0.137 e. The molecule has 0 aliphatic carbocycles. The van der Waals surface area contributed by atoms with Crippen molar-refractivity contribution in [2.45, 2.75) is 18.9 Å². The number of aliphatic hydroxyl groups is 1. The summed E-state index contributed by atoms with van der Waals surface area (Å²) in [5.41, 5.74) is 0.828. The summed E-state index contributed by atoms with van der Waals surface area (Å²) in [6.45, 7) is 2.22. The van der Waals surface area contributed by atoms with Crippen LogP contribution >= 0.6 is 0 Å². The average molecular weight is 252 g/mol. The standard InChI is InChI=1S/C13H16FNO3/c1-8-6-15(13(17)18)7-11(16)12(8)9-2-4-10(14)5-3-9/h2-5,8,11-12,16H,6-7H2,1H3,(H,17,18)/p-1.